The Balaban J connectivity index is 1.29. The zero-order valence-corrected chi connectivity index (χ0v) is 19.4. The Kier molecular flexibility index (Phi) is 8.10. The normalized spacial score (nSPS) is 19.3. The van der Waals surface area contributed by atoms with E-state index in [1.807, 2.05) is 10.9 Å². The van der Waals surface area contributed by atoms with E-state index >= 15 is 0 Å². The Morgan fingerprint density at radius 1 is 1.21 bits per heavy atom. The molecule has 1 fully saturated rings. The Morgan fingerprint density at radius 3 is 2.88 bits per heavy atom. The molecule has 2 amide bonds. The fourth-order valence-corrected chi connectivity index (χ4v) is 4.60. The SMILES string of the molecule is O=C(CCOc1cccc(F)c1)N1CCC2(CCCCn3cc(nn3)COCCNC2=O)CC1. The summed E-state index contributed by atoms with van der Waals surface area (Å²) in [5.74, 6) is 0.0756. The van der Waals surface area contributed by atoms with Gasteiger partial charge in [-0.15, -0.1) is 5.10 Å². The van der Waals surface area contributed by atoms with Crippen LogP contribution in [0.2, 0.25) is 0 Å². The van der Waals surface area contributed by atoms with Gasteiger partial charge in [0.2, 0.25) is 11.8 Å². The highest BCUT2D eigenvalue weighted by molar-refractivity contribution is 5.83. The minimum atomic E-state index is -0.480. The van der Waals surface area contributed by atoms with Crippen LogP contribution in [0.1, 0.15) is 44.2 Å². The van der Waals surface area contributed by atoms with Crippen LogP contribution in [0.15, 0.2) is 30.5 Å². The van der Waals surface area contributed by atoms with E-state index in [1.165, 1.54) is 12.1 Å². The van der Waals surface area contributed by atoms with Crippen LogP contribution in [0.4, 0.5) is 4.39 Å². The summed E-state index contributed by atoms with van der Waals surface area (Å²) in [6.45, 7) is 3.24. The van der Waals surface area contributed by atoms with E-state index in [0.29, 0.717) is 51.4 Å². The van der Waals surface area contributed by atoms with E-state index < -0.39 is 5.41 Å². The van der Waals surface area contributed by atoms with E-state index in [1.54, 1.807) is 17.0 Å². The highest BCUT2D eigenvalue weighted by Crippen LogP contribution is 2.37. The number of likely N-dealkylation sites (tertiary alicyclic amines) is 1. The number of hydrogen-bond donors (Lipinski definition) is 1. The molecule has 1 aromatic carbocycles. The maximum atomic E-state index is 13.3. The molecule has 0 atom stereocenters. The molecule has 1 saturated heterocycles. The van der Waals surface area contributed by atoms with E-state index in [4.69, 9.17) is 9.47 Å². The molecule has 0 aliphatic carbocycles. The van der Waals surface area contributed by atoms with Gasteiger partial charge in [0.15, 0.2) is 0 Å². The smallest absolute Gasteiger partial charge is 0.226 e. The van der Waals surface area contributed by atoms with E-state index in [9.17, 15) is 14.0 Å². The van der Waals surface area contributed by atoms with Gasteiger partial charge in [0, 0.05) is 32.2 Å². The van der Waals surface area contributed by atoms with Crippen molar-refractivity contribution in [2.45, 2.75) is 51.7 Å². The molecular formula is C24H32FN5O4. The fraction of sp³-hybridized carbons (Fsp3) is 0.583. The lowest BCUT2D eigenvalue weighted by Crippen LogP contribution is -2.50. The summed E-state index contributed by atoms with van der Waals surface area (Å²) in [6.07, 6.45) is 5.95. The van der Waals surface area contributed by atoms with Crippen LogP contribution in [-0.2, 0) is 27.5 Å². The number of carbonyl (C=O) groups is 2. The molecule has 2 aliphatic heterocycles. The van der Waals surface area contributed by atoms with Gasteiger partial charge in [-0.05, 0) is 37.8 Å². The minimum Gasteiger partial charge on any atom is -0.493 e. The van der Waals surface area contributed by atoms with Crippen LogP contribution in [0.25, 0.3) is 0 Å². The standard InChI is InChI=1S/C24H32FN5O4/c25-19-4-3-5-21(16-19)34-14-6-22(31)29-12-8-24(9-13-29)7-1-2-11-30-17-20(27-28-30)18-33-15-10-26-23(24)32/h3-5,16-17H,1-2,6-15,18H2,(H,26,32). The number of aryl methyl sites for hydroxylation is 1. The third kappa shape index (κ3) is 6.31. The quantitative estimate of drug-likeness (QED) is 0.732. The first-order valence-corrected chi connectivity index (χ1v) is 12.0. The summed E-state index contributed by atoms with van der Waals surface area (Å²) >= 11 is 0. The third-order valence-electron chi connectivity index (χ3n) is 6.60. The third-order valence-corrected chi connectivity index (χ3v) is 6.60. The van der Waals surface area contributed by atoms with Crippen molar-refractivity contribution in [3.8, 4) is 5.75 Å². The number of ether oxygens (including phenoxy) is 2. The number of nitrogens with zero attached hydrogens (tertiary/aromatic N) is 4. The molecule has 0 radical (unpaired) electrons. The van der Waals surface area contributed by atoms with Gasteiger partial charge in [0.25, 0.3) is 0 Å². The number of rotatable bonds is 4. The molecule has 9 nitrogen and oxygen atoms in total. The number of nitrogens with one attached hydrogen (secondary N) is 1. The second kappa shape index (κ2) is 11.4. The molecule has 4 rings (SSSR count). The molecule has 2 aromatic rings. The summed E-state index contributed by atoms with van der Waals surface area (Å²) in [5.41, 5.74) is 0.310. The summed E-state index contributed by atoms with van der Waals surface area (Å²) in [7, 11) is 0. The fourth-order valence-electron chi connectivity index (χ4n) is 4.60. The van der Waals surface area contributed by atoms with E-state index in [0.717, 1.165) is 31.5 Å². The highest BCUT2D eigenvalue weighted by atomic mass is 19.1. The van der Waals surface area contributed by atoms with Crippen molar-refractivity contribution in [1.29, 1.82) is 0 Å². The Morgan fingerprint density at radius 2 is 2.06 bits per heavy atom. The number of aromatic nitrogens is 3. The number of halogens is 1. The summed E-state index contributed by atoms with van der Waals surface area (Å²) in [6, 6.07) is 5.88. The Bertz CT molecular complexity index is 974. The minimum absolute atomic E-state index is 0.0112. The monoisotopic (exact) mass is 473 g/mol. The van der Waals surface area contributed by atoms with Crippen LogP contribution in [0.5, 0.6) is 5.75 Å². The molecule has 0 unspecified atom stereocenters. The number of carbonyl (C=O) groups excluding carboxylic acids is 2. The maximum absolute atomic E-state index is 13.3. The molecule has 184 valence electrons. The zero-order chi connectivity index (χ0) is 23.8. The van der Waals surface area contributed by atoms with Crippen molar-refractivity contribution in [2.24, 2.45) is 5.41 Å². The van der Waals surface area contributed by atoms with Gasteiger partial charge in [-0.25, -0.2) is 4.39 Å². The lowest BCUT2D eigenvalue weighted by Gasteiger charge is -2.41. The molecular weight excluding hydrogens is 441 g/mol. The molecule has 10 heteroatoms. The first kappa shape index (κ1) is 24.1. The first-order valence-electron chi connectivity index (χ1n) is 12.0. The lowest BCUT2D eigenvalue weighted by molar-refractivity contribution is -0.141. The number of amides is 2. The van der Waals surface area contributed by atoms with Crippen molar-refractivity contribution in [1.82, 2.24) is 25.2 Å². The van der Waals surface area contributed by atoms with Crippen LogP contribution in [0, 0.1) is 11.2 Å². The number of hydrogen-bond acceptors (Lipinski definition) is 6. The molecule has 1 aromatic heterocycles. The topological polar surface area (TPSA) is 98.6 Å². The van der Waals surface area contributed by atoms with Crippen LogP contribution in [-0.4, -0.2) is 64.6 Å². The average molecular weight is 474 g/mol. The highest BCUT2D eigenvalue weighted by Gasteiger charge is 2.41. The van der Waals surface area contributed by atoms with Crippen molar-refractivity contribution >= 4 is 11.8 Å². The van der Waals surface area contributed by atoms with E-state index in [-0.39, 0.29) is 30.7 Å². The predicted molar refractivity (Wildman–Crippen MR) is 121 cm³/mol. The zero-order valence-electron chi connectivity index (χ0n) is 19.4. The van der Waals surface area contributed by atoms with Gasteiger partial charge in [0.05, 0.1) is 37.9 Å². The predicted octanol–water partition coefficient (Wildman–Crippen LogP) is 2.31. The lowest BCUT2D eigenvalue weighted by atomic mass is 9.73. The van der Waals surface area contributed by atoms with Crippen LogP contribution in [0.3, 0.4) is 0 Å². The number of benzene rings is 1. The largest absolute Gasteiger partial charge is 0.493 e. The average Bonchev–Trinajstić information content (AvgIpc) is 3.29. The second-order valence-corrected chi connectivity index (χ2v) is 8.96. The number of fused-ring (bicyclic) bond motifs is 2. The molecule has 3 heterocycles. The van der Waals surface area contributed by atoms with Gasteiger partial charge in [-0.1, -0.05) is 17.7 Å². The van der Waals surface area contributed by atoms with Crippen LogP contribution < -0.4 is 10.1 Å². The number of piperidine rings is 1. The Labute approximate surface area is 198 Å². The molecule has 2 aliphatic rings. The van der Waals surface area contributed by atoms with Crippen molar-refractivity contribution in [2.75, 3.05) is 32.8 Å². The van der Waals surface area contributed by atoms with Crippen molar-refractivity contribution in [3.63, 3.8) is 0 Å². The van der Waals surface area contributed by atoms with E-state index in [2.05, 4.69) is 15.6 Å². The van der Waals surface area contributed by atoms with Gasteiger partial charge < -0.3 is 19.7 Å². The molecule has 1 spiro atoms. The van der Waals surface area contributed by atoms with Gasteiger partial charge in [0.1, 0.15) is 17.3 Å². The van der Waals surface area contributed by atoms with Gasteiger partial charge >= 0.3 is 0 Å². The Hall–Kier alpha value is -3.01. The van der Waals surface area contributed by atoms with Crippen molar-refractivity contribution in [3.05, 3.63) is 42.0 Å². The molecule has 1 N–H and O–H groups in total. The van der Waals surface area contributed by atoms with Gasteiger partial charge in [-0.3, -0.25) is 14.3 Å². The van der Waals surface area contributed by atoms with Gasteiger partial charge in [-0.2, -0.15) is 0 Å². The van der Waals surface area contributed by atoms with Crippen LogP contribution >= 0.6 is 0 Å². The molecule has 0 saturated carbocycles. The molecule has 2 bridgehead atoms. The first-order chi connectivity index (χ1) is 16.5. The van der Waals surface area contributed by atoms with Crippen molar-refractivity contribution < 1.29 is 23.5 Å². The summed E-state index contributed by atoms with van der Waals surface area (Å²) in [5, 5.41) is 11.3. The maximum Gasteiger partial charge on any atom is 0.226 e. The summed E-state index contributed by atoms with van der Waals surface area (Å²) in [4.78, 5) is 27.6. The second-order valence-electron chi connectivity index (χ2n) is 8.96. The molecule has 34 heavy (non-hydrogen) atoms. The summed E-state index contributed by atoms with van der Waals surface area (Å²) < 4.78 is 26.2.